The summed E-state index contributed by atoms with van der Waals surface area (Å²) < 4.78 is 5.59. The molecule has 1 amide bonds. The van der Waals surface area contributed by atoms with Gasteiger partial charge in [-0.15, -0.1) is 22.7 Å². The van der Waals surface area contributed by atoms with Crippen molar-refractivity contribution in [2.24, 2.45) is 0 Å². The van der Waals surface area contributed by atoms with E-state index in [1.54, 1.807) is 11.3 Å². The Morgan fingerprint density at radius 3 is 2.55 bits per heavy atom. The number of carbonyl (C=O) groups excluding carboxylic acids is 1. The quantitative estimate of drug-likeness (QED) is 0.542. The van der Waals surface area contributed by atoms with Gasteiger partial charge in [0.2, 0.25) is 0 Å². The van der Waals surface area contributed by atoms with Crippen LogP contribution in [0.2, 0.25) is 5.02 Å². The zero-order valence-electron chi connectivity index (χ0n) is 16.4. The fourth-order valence-electron chi connectivity index (χ4n) is 3.68. The second-order valence-electron chi connectivity index (χ2n) is 7.06. The third-order valence-electron chi connectivity index (χ3n) is 5.27. The first-order valence-electron chi connectivity index (χ1n) is 9.56. The van der Waals surface area contributed by atoms with Crippen molar-refractivity contribution < 1.29 is 9.53 Å². The van der Waals surface area contributed by atoms with E-state index < -0.39 is 0 Å². The van der Waals surface area contributed by atoms with Crippen LogP contribution in [0, 0.1) is 13.8 Å². The fourth-order valence-corrected chi connectivity index (χ4v) is 5.51. The molecule has 3 heterocycles. The molecule has 29 heavy (non-hydrogen) atoms. The molecule has 0 radical (unpaired) electrons. The number of aryl methyl sites for hydroxylation is 1. The highest BCUT2D eigenvalue weighted by Crippen LogP contribution is 2.42. The van der Waals surface area contributed by atoms with E-state index in [2.05, 4.69) is 36.2 Å². The molecule has 1 N–H and O–H groups in total. The van der Waals surface area contributed by atoms with E-state index in [0.717, 1.165) is 23.1 Å². The molecule has 0 aliphatic carbocycles. The van der Waals surface area contributed by atoms with Crippen molar-refractivity contribution in [2.75, 3.05) is 31.6 Å². The maximum Gasteiger partial charge on any atom is 0.266 e. The largest absolute Gasteiger partial charge is 0.379 e. The molecule has 1 saturated heterocycles. The maximum absolute atomic E-state index is 12.8. The van der Waals surface area contributed by atoms with Gasteiger partial charge in [0, 0.05) is 28.6 Å². The van der Waals surface area contributed by atoms with Crippen LogP contribution in [0.5, 0.6) is 0 Å². The van der Waals surface area contributed by atoms with Gasteiger partial charge in [0.05, 0.1) is 24.1 Å². The lowest BCUT2D eigenvalue weighted by Gasteiger charge is -2.35. The Balaban J connectivity index is 1.77. The minimum atomic E-state index is -0.0562. The second kappa shape index (κ2) is 8.98. The second-order valence-corrected chi connectivity index (χ2v) is 9.67. The number of anilines is 1. The third kappa shape index (κ3) is 4.42. The van der Waals surface area contributed by atoms with Crippen molar-refractivity contribution in [1.82, 2.24) is 4.90 Å². The molecule has 1 aliphatic heterocycles. The molecular formula is C22H23ClN2O2S2. The van der Waals surface area contributed by atoms with Crippen molar-refractivity contribution in [3.8, 4) is 0 Å². The van der Waals surface area contributed by atoms with E-state index in [1.165, 1.54) is 32.9 Å². The number of rotatable bonds is 5. The van der Waals surface area contributed by atoms with Gasteiger partial charge in [-0.25, -0.2) is 0 Å². The molecule has 1 aliphatic rings. The van der Waals surface area contributed by atoms with E-state index in [9.17, 15) is 4.79 Å². The highest BCUT2D eigenvalue weighted by molar-refractivity contribution is 7.17. The average molecular weight is 447 g/mol. The van der Waals surface area contributed by atoms with E-state index in [1.807, 2.05) is 29.6 Å². The summed E-state index contributed by atoms with van der Waals surface area (Å²) in [6, 6.07) is 11.8. The van der Waals surface area contributed by atoms with Crippen LogP contribution in [0.1, 0.15) is 37.3 Å². The number of morpholine rings is 1. The first-order valence-corrected chi connectivity index (χ1v) is 11.6. The van der Waals surface area contributed by atoms with Gasteiger partial charge in [-0.2, -0.15) is 0 Å². The van der Waals surface area contributed by atoms with Crippen molar-refractivity contribution in [2.45, 2.75) is 19.9 Å². The van der Waals surface area contributed by atoms with Gasteiger partial charge in [-0.1, -0.05) is 29.8 Å². The lowest BCUT2D eigenvalue weighted by atomic mass is 9.94. The summed E-state index contributed by atoms with van der Waals surface area (Å²) in [5.74, 6) is -0.0562. The third-order valence-corrected chi connectivity index (χ3v) is 7.53. The number of hydrogen-bond acceptors (Lipinski definition) is 5. The molecule has 1 aromatic carbocycles. The molecule has 0 spiro atoms. The predicted molar refractivity (Wildman–Crippen MR) is 122 cm³/mol. The summed E-state index contributed by atoms with van der Waals surface area (Å²) in [6.07, 6.45) is 0. The normalized spacial score (nSPS) is 16.0. The van der Waals surface area contributed by atoms with Crippen LogP contribution in [0.25, 0.3) is 0 Å². The van der Waals surface area contributed by atoms with E-state index in [-0.39, 0.29) is 11.9 Å². The van der Waals surface area contributed by atoms with Crippen molar-refractivity contribution >= 4 is 45.2 Å². The number of amides is 1. The van der Waals surface area contributed by atoms with E-state index >= 15 is 0 Å². The van der Waals surface area contributed by atoms with Crippen molar-refractivity contribution in [3.05, 3.63) is 73.2 Å². The number of hydrogen-bond donors (Lipinski definition) is 1. The molecule has 0 unspecified atom stereocenters. The number of halogens is 1. The number of benzene rings is 1. The van der Waals surface area contributed by atoms with Crippen molar-refractivity contribution in [1.29, 1.82) is 0 Å². The summed E-state index contributed by atoms with van der Waals surface area (Å²) in [5.41, 5.74) is 3.56. The van der Waals surface area contributed by atoms with E-state index in [0.29, 0.717) is 18.1 Å². The molecule has 152 valence electrons. The van der Waals surface area contributed by atoms with Gasteiger partial charge in [0.1, 0.15) is 5.00 Å². The van der Waals surface area contributed by atoms with Gasteiger partial charge in [-0.3, -0.25) is 9.69 Å². The predicted octanol–water partition coefficient (Wildman–Crippen LogP) is 5.75. The summed E-state index contributed by atoms with van der Waals surface area (Å²) in [5, 5.41) is 6.75. The first-order chi connectivity index (χ1) is 14.0. The van der Waals surface area contributed by atoms with Crippen molar-refractivity contribution in [3.63, 3.8) is 0 Å². The fraction of sp³-hybridized carbons (Fsp3) is 0.318. The molecule has 1 atom stereocenters. The van der Waals surface area contributed by atoms with Crippen LogP contribution >= 0.6 is 34.3 Å². The number of ether oxygens (including phenoxy) is 1. The lowest BCUT2D eigenvalue weighted by Crippen LogP contribution is -2.39. The highest BCUT2D eigenvalue weighted by atomic mass is 35.5. The van der Waals surface area contributed by atoms with Crippen LogP contribution in [0.3, 0.4) is 0 Å². The Morgan fingerprint density at radius 1 is 1.17 bits per heavy atom. The Hall–Kier alpha value is -1.70. The van der Waals surface area contributed by atoms with Gasteiger partial charge >= 0.3 is 0 Å². The molecule has 1 fully saturated rings. The SMILES string of the molecule is Cc1sc(NC(=O)c2cccs2)c([C@@H](c2ccc(Cl)cc2)N2CCOCC2)c1C. The van der Waals surface area contributed by atoms with Crippen LogP contribution < -0.4 is 5.32 Å². The highest BCUT2D eigenvalue weighted by Gasteiger charge is 2.30. The van der Waals surface area contributed by atoms with Crippen LogP contribution in [0.4, 0.5) is 5.00 Å². The van der Waals surface area contributed by atoms with Gasteiger partial charge < -0.3 is 10.1 Å². The van der Waals surface area contributed by atoms with Crippen LogP contribution in [-0.4, -0.2) is 37.1 Å². The molecule has 0 bridgehead atoms. The van der Waals surface area contributed by atoms with Crippen LogP contribution in [0.15, 0.2) is 41.8 Å². The number of thiophene rings is 2. The Kier molecular flexibility index (Phi) is 6.37. The minimum absolute atomic E-state index is 0.0414. The topological polar surface area (TPSA) is 41.6 Å². The standard InChI is InChI=1S/C22H23ClN2O2S2/c1-14-15(2)29-22(24-21(26)18-4-3-13-28-18)19(14)20(25-9-11-27-12-10-25)16-5-7-17(23)8-6-16/h3-8,13,20H,9-12H2,1-2H3,(H,24,26)/t20-/m1/s1. The molecule has 3 aromatic rings. The zero-order chi connectivity index (χ0) is 20.4. The minimum Gasteiger partial charge on any atom is -0.379 e. The Bertz CT molecular complexity index is 977. The lowest BCUT2D eigenvalue weighted by molar-refractivity contribution is 0.0240. The smallest absolute Gasteiger partial charge is 0.266 e. The number of carbonyl (C=O) groups is 1. The number of nitrogens with zero attached hydrogens (tertiary/aromatic N) is 1. The summed E-state index contributed by atoms with van der Waals surface area (Å²) in [4.78, 5) is 17.1. The molecule has 2 aromatic heterocycles. The molecule has 4 rings (SSSR count). The van der Waals surface area contributed by atoms with Gasteiger partial charge in [0.15, 0.2) is 0 Å². The Morgan fingerprint density at radius 2 is 1.90 bits per heavy atom. The molecule has 4 nitrogen and oxygen atoms in total. The number of nitrogens with one attached hydrogen (secondary N) is 1. The van der Waals surface area contributed by atoms with Crippen LogP contribution in [-0.2, 0) is 4.74 Å². The summed E-state index contributed by atoms with van der Waals surface area (Å²) in [6.45, 7) is 7.38. The summed E-state index contributed by atoms with van der Waals surface area (Å²) >= 11 is 9.25. The molecular weight excluding hydrogens is 424 g/mol. The van der Waals surface area contributed by atoms with Gasteiger partial charge in [0.25, 0.3) is 5.91 Å². The molecule has 7 heteroatoms. The first kappa shape index (κ1) is 20.6. The maximum atomic E-state index is 12.8. The Labute approximate surface area is 184 Å². The monoisotopic (exact) mass is 446 g/mol. The molecule has 0 saturated carbocycles. The van der Waals surface area contributed by atoms with Gasteiger partial charge in [-0.05, 0) is 48.6 Å². The summed E-state index contributed by atoms with van der Waals surface area (Å²) in [7, 11) is 0. The zero-order valence-corrected chi connectivity index (χ0v) is 18.8. The average Bonchev–Trinajstić information content (AvgIpc) is 3.35. The van der Waals surface area contributed by atoms with E-state index in [4.69, 9.17) is 16.3 Å².